The normalized spacial score (nSPS) is 25.5. The average molecular weight is 226 g/mol. The number of nitrogens with one attached hydrogen (secondary N) is 1. The molecular formula is C13H26N2O. The van der Waals surface area contributed by atoms with Crippen molar-refractivity contribution in [1.29, 1.82) is 0 Å². The predicted octanol–water partition coefficient (Wildman–Crippen LogP) is 1.22. The fourth-order valence-corrected chi connectivity index (χ4v) is 2.59. The van der Waals surface area contributed by atoms with Gasteiger partial charge in [-0.2, -0.15) is 0 Å². The van der Waals surface area contributed by atoms with Crippen LogP contribution in [0.25, 0.3) is 0 Å². The second-order valence-electron chi connectivity index (χ2n) is 5.43. The SMILES string of the molecule is OCCCCN(CC1CC1)CC1CCCN1. The zero-order valence-electron chi connectivity index (χ0n) is 10.3. The van der Waals surface area contributed by atoms with Crippen LogP contribution < -0.4 is 5.32 Å². The summed E-state index contributed by atoms with van der Waals surface area (Å²) in [5.41, 5.74) is 0. The lowest BCUT2D eigenvalue weighted by atomic mass is 10.2. The fourth-order valence-electron chi connectivity index (χ4n) is 2.59. The molecule has 1 aliphatic carbocycles. The van der Waals surface area contributed by atoms with E-state index in [1.807, 2.05) is 0 Å². The molecule has 1 aliphatic heterocycles. The topological polar surface area (TPSA) is 35.5 Å². The molecule has 0 aromatic carbocycles. The molecule has 1 atom stereocenters. The Morgan fingerprint density at radius 2 is 2.00 bits per heavy atom. The standard InChI is InChI=1S/C13H26N2O/c16-9-2-1-8-15(10-12-5-6-12)11-13-4-3-7-14-13/h12-14,16H,1-11H2. The minimum absolute atomic E-state index is 0.346. The first-order chi connectivity index (χ1) is 7.88. The Bertz CT molecular complexity index is 188. The highest BCUT2D eigenvalue weighted by atomic mass is 16.2. The summed E-state index contributed by atoms with van der Waals surface area (Å²) in [6.45, 7) is 5.25. The van der Waals surface area contributed by atoms with Crippen LogP contribution in [0.3, 0.4) is 0 Å². The number of hydrogen-bond donors (Lipinski definition) is 2. The first-order valence-corrected chi connectivity index (χ1v) is 6.95. The minimum atomic E-state index is 0.346. The molecule has 0 aromatic heterocycles. The van der Waals surface area contributed by atoms with E-state index in [0.717, 1.165) is 24.8 Å². The Balaban J connectivity index is 1.67. The van der Waals surface area contributed by atoms with Gasteiger partial charge in [0.1, 0.15) is 0 Å². The summed E-state index contributed by atoms with van der Waals surface area (Å²) >= 11 is 0. The smallest absolute Gasteiger partial charge is 0.0431 e. The maximum absolute atomic E-state index is 8.83. The van der Waals surface area contributed by atoms with Gasteiger partial charge >= 0.3 is 0 Å². The van der Waals surface area contributed by atoms with Gasteiger partial charge in [-0.25, -0.2) is 0 Å². The number of unbranched alkanes of at least 4 members (excludes halogenated alkanes) is 1. The number of aliphatic hydroxyl groups is 1. The van der Waals surface area contributed by atoms with Gasteiger partial charge in [-0.05, 0) is 57.5 Å². The second kappa shape index (κ2) is 6.58. The summed E-state index contributed by atoms with van der Waals surface area (Å²) in [6, 6.07) is 0.730. The van der Waals surface area contributed by atoms with E-state index in [0.29, 0.717) is 6.61 Å². The van der Waals surface area contributed by atoms with E-state index in [2.05, 4.69) is 10.2 Å². The highest BCUT2D eigenvalue weighted by Gasteiger charge is 2.26. The van der Waals surface area contributed by atoms with Crippen LogP contribution in [0, 0.1) is 5.92 Å². The summed E-state index contributed by atoms with van der Waals surface area (Å²) in [7, 11) is 0. The van der Waals surface area contributed by atoms with Gasteiger partial charge in [-0.15, -0.1) is 0 Å². The molecule has 1 saturated carbocycles. The molecule has 0 spiro atoms. The van der Waals surface area contributed by atoms with Crippen molar-refractivity contribution in [1.82, 2.24) is 10.2 Å². The minimum Gasteiger partial charge on any atom is -0.396 e. The van der Waals surface area contributed by atoms with E-state index in [9.17, 15) is 0 Å². The third kappa shape index (κ3) is 4.40. The quantitative estimate of drug-likeness (QED) is 0.611. The van der Waals surface area contributed by atoms with Gasteiger partial charge in [0.15, 0.2) is 0 Å². The summed E-state index contributed by atoms with van der Waals surface area (Å²) in [5, 5.41) is 12.4. The average Bonchev–Trinajstić information content (AvgIpc) is 2.93. The molecule has 1 unspecified atom stereocenters. The van der Waals surface area contributed by atoms with Crippen LogP contribution in [0.4, 0.5) is 0 Å². The summed E-state index contributed by atoms with van der Waals surface area (Å²) < 4.78 is 0. The molecule has 2 aliphatic rings. The lowest BCUT2D eigenvalue weighted by Crippen LogP contribution is -2.39. The van der Waals surface area contributed by atoms with Gasteiger partial charge < -0.3 is 15.3 Å². The van der Waals surface area contributed by atoms with Crippen molar-refractivity contribution in [3.8, 4) is 0 Å². The van der Waals surface area contributed by atoms with E-state index in [4.69, 9.17) is 5.11 Å². The van der Waals surface area contributed by atoms with Crippen molar-refractivity contribution in [3.05, 3.63) is 0 Å². The van der Waals surface area contributed by atoms with E-state index in [1.165, 1.54) is 51.9 Å². The fraction of sp³-hybridized carbons (Fsp3) is 1.00. The maximum atomic E-state index is 8.83. The van der Waals surface area contributed by atoms with Gasteiger partial charge in [-0.3, -0.25) is 0 Å². The maximum Gasteiger partial charge on any atom is 0.0431 e. The van der Waals surface area contributed by atoms with Crippen molar-refractivity contribution in [2.24, 2.45) is 5.92 Å². The number of rotatable bonds is 8. The van der Waals surface area contributed by atoms with Crippen molar-refractivity contribution >= 4 is 0 Å². The van der Waals surface area contributed by atoms with Crippen LogP contribution in [0.15, 0.2) is 0 Å². The molecule has 1 heterocycles. The zero-order valence-corrected chi connectivity index (χ0v) is 10.3. The van der Waals surface area contributed by atoms with Crippen LogP contribution in [0.1, 0.15) is 38.5 Å². The lowest BCUT2D eigenvalue weighted by molar-refractivity contribution is 0.220. The van der Waals surface area contributed by atoms with E-state index >= 15 is 0 Å². The third-order valence-electron chi connectivity index (χ3n) is 3.74. The second-order valence-corrected chi connectivity index (χ2v) is 5.43. The number of nitrogens with zero attached hydrogens (tertiary/aromatic N) is 1. The summed E-state index contributed by atoms with van der Waals surface area (Å²) in [5.74, 6) is 0.982. The molecule has 1 saturated heterocycles. The molecule has 3 nitrogen and oxygen atoms in total. The number of aliphatic hydroxyl groups excluding tert-OH is 1. The molecule has 0 radical (unpaired) electrons. The van der Waals surface area contributed by atoms with E-state index in [1.54, 1.807) is 0 Å². The Hall–Kier alpha value is -0.120. The van der Waals surface area contributed by atoms with Crippen LogP contribution in [0.5, 0.6) is 0 Å². The molecular weight excluding hydrogens is 200 g/mol. The predicted molar refractivity (Wildman–Crippen MR) is 66.5 cm³/mol. The Labute approximate surface area is 99.2 Å². The number of hydrogen-bond acceptors (Lipinski definition) is 3. The molecule has 2 N–H and O–H groups in total. The Morgan fingerprint density at radius 1 is 1.12 bits per heavy atom. The van der Waals surface area contributed by atoms with Crippen LogP contribution >= 0.6 is 0 Å². The molecule has 16 heavy (non-hydrogen) atoms. The van der Waals surface area contributed by atoms with Crippen molar-refractivity contribution in [3.63, 3.8) is 0 Å². The van der Waals surface area contributed by atoms with Crippen LogP contribution in [0.2, 0.25) is 0 Å². The third-order valence-corrected chi connectivity index (χ3v) is 3.74. The summed E-state index contributed by atoms with van der Waals surface area (Å²) in [4.78, 5) is 2.62. The largest absolute Gasteiger partial charge is 0.396 e. The van der Waals surface area contributed by atoms with Gasteiger partial charge in [0.05, 0.1) is 0 Å². The van der Waals surface area contributed by atoms with E-state index in [-0.39, 0.29) is 0 Å². The van der Waals surface area contributed by atoms with E-state index < -0.39 is 0 Å². The molecule has 0 aromatic rings. The van der Waals surface area contributed by atoms with Crippen LogP contribution in [-0.4, -0.2) is 48.8 Å². The van der Waals surface area contributed by atoms with Gasteiger partial charge in [0.25, 0.3) is 0 Å². The van der Waals surface area contributed by atoms with Crippen molar-refractivity contribution in [2.75, 3.05) is 32.8 Å². The van der Waals surface area contributed by atoms with Crippen LogP contribution in [-0.2, 0) is 0 Å². The van der Waals surface area contributed by atoms with Gasteiger partial charge in [-0.1, -0.05) is 0 Å². The monoisotopic (exact) mass is 226 g/mol. The highest BCUT2D eigenvalue weighted by Crippen LogP contribution is 2.30. The van der Waals surface area contributed by atoms with Crippen molar-refractivity contribution < 1.29 is 5.11 Å². The molecule has 0 amide bonds. The lowest BCUT2D eigenvalue weighted by Gasteiger charge is -2.25. The molecule has 94 valence electrons. The molecule has 3 heteroatoms. The summed E-state index contributed by atoms with van der Waals surface area (Å²) in [6.07, 6.45) is 7.68. The molecule has 2 fully saturated rings. The molecule has 2 rings (SSSR count). The molecule has 0 bridgehead atoms. The van der Waals surface area contributed by atoms with Crippen molar-refractivity contribution in [2.45, 2.75) is 44.6 Å². The van der Waals surface area contributed by atoms with Gasteiger partial charge in [0, 0.05) is 25.7 Å². The van der Waals surface area contributed by atoms with Gasteiger partial charge in [0.2, 0.25) is 0 Å². The Kier molecular flexibility index (Phi) is 5.07. The highest BCUT2D eigenvalue weighted by molar-refractivity contribution is 4.82. The first kappa shape index (κ1) is 12.3. The first-order valence-electron chi connectivity index (χ1n) is 6.95. The zero-order chi connectivity index (χ0) is 11.2. The Morgan fingerprint density at radius 3 is 2.62 bits per heavy atom.